The van der Waals surface area contributed by atoms with Crippen LogP contribution in [0.25, 0.3) is 0 Å². The molecule has 2 heteroatoms. The van der Waals surface area contributed by atoms with E-state index in [-0.39, 0.29) is 0 Å². The number of hydrogen-bond donors (Lipinski definition) is 1. The minimum Gasteiger partial charge on any atom is -0.309 e. The molecule has 1 saturated carbocycles. The van der Waals surface area contributed by atoms with E-state index in [1.54, 1.807) is 0 Å². The molecular weight excluding hydrogens is 244 g/mol. The molecule has 0 bridgehead atoms. The monoisotopic (exact) mass is 280 g/mol. The Morgan fingerprint density at radius 3 is 2.30 bits per heavy atom. The Kier molecular flexibility index (Phi) is 5.92. The van der Waals surface area contributed by atoms with Gasteiger partial charge >= 0.3 is 0 Å². The lowest BCUT2D eigenvalue weighted by molar-refractivity contribution is 0.0177. The van der Waals surface area contributed by atoms with Gasteiger partial charge in [-0.25, -0.2) is 0 Å². The van der Waals surface area contributed by atoms with Crippen molar-refractivity contribution in [2.24, 2.45) is 0 Å². The van der Waals surface area contributed by atoms with Crippen molar-refractivity contribution >= 4 is 0 Å². The molecule has 0 aromatic heterocycles. The van der Waals surface area contributed by atoms with Gasteiger partial charge in [-0.1, -0.05) is 51.9 Å². The molecule has 20 heavy (non-hydrogen) atoms. The highest BCUT2D eigenvalue weighted by atomic mass is 15.3. The second-order valence-corrected chi connectivity index (χ2v) is 7.86. The SMILES string of the molecule is CCCCCCCCN1CC(C)(C)NCC12CCCC2. The predicted octanol–water partition coefficient (Wildman–Crippen LogP) is 4.34. The van der Waals surface area contributed by atoms with Crippen molar-refractivity contribution in [1.82, 2.24) is 10.2 Å². The van der Waals surface area contributed by atoms with Gasteiger partial charge in [0.15, 0.2) is 0 Å². The number of piperazine rings is 1. The van der Waals surface area contributed by atoms with Crippen molar-refractivity contribution in [2.45, 2.75) is 96.1 Å². The van der Waals surface area contributed by atoms with Crippen molar-refractivity contribution in [3.05, 3.63) is 0 Å². The van der Waals surface area contributed by atoms with Crippen LogP contribution < -0.4 is 5.32 Å². The van der Waals surface area contributed by atoms with Gasteiger partial charge < -0.3 is 5.32 Å². The van der Waals surface area contributed by atoms with Gasteiger partial charge in [0, 0.05) is 24.2 Å². The topological polar surface area (TPSA) is 15.3 Å². The Labute approximate surface area is 126 Å². The second-order valence-electron chi connectivity index (χ2n) is 7.86. The van der Waals surface area contributed by atoms with E-state index in [0.717, 1.165) is 0 Å². The van der Waals surface area contributed by atoms with Gasteiger partial charge in [-0.15, -0.1) is 0 Å². The first kappa shape index (κ1) is 16.3. The van der Waals surface area contributed by atoms with Gasteiger partial charge in [-0.05, 0) is 39.7 Å². The van der Waals surface area contributed by atoms with E-state index in [0.29, 0.717) is 11.1 Å². The Balaban J connectivity index is 1.79. The van der Waals surface area contributed by atoms with E-state index >= 15 is 0 Å². The quantitative estimate of drug-likeness (QED) is 0.698. The fourth-order valence-electron chi connectivity index (χ4n) is 4.14. The molecule has 0 unspecified atom stereocenters. The molecule has 1 spiro atoms. The van der Waals surface area contributed by atoms with Crippen LogP contribution in [0, 0.1) is 0 Å². The fourth-order valence-corrected chi connectivity index (χ4v) is 4.14. The van der Waals surface area contributed by atoms with Crippen molar-refractivity contribution in [2.75, 3.05) is 19.6 Å². The van der Waals surface area contributed by atoms with E-state index in [2.05, 4.69) is 31.0 Å². The van der Waals surface area contributed by atoms with Crippen LogP contribution in [0.15, 0.2) is 0 Å². The summed E-state index contributed by atoms with van der Waals surface area (Å²) in [6.07, 6.45) is 14.2. The van der Waals surface area contributed by atoms with Gasteiger partial charge in [0.05, 0.1) is 0 Å². The molecule has 1 aliphatic carbocycles. The number of rotatable bonds is 7. The Morgan fingerprint density at radius 1 is 0.950 bits per heavy atom. The van der Waals surface area contributed by atoms with Crippen molar-refractivity contribution in [1.29, 1.82) is 0 Å². The average molecular weight is 281 g/mol. The summed E-state index contributed by atoms with van der Waals surface area (Å²) in [4.78, 5) is 2.86. The van der Waals surface area contributed by atoms with E-state index in [9.17, 15) is 0 Å². The first-order chi connectivity index (χ1) is 9.58. The van der Waals surface area contributed by atoms with Crippen molar-refractivity contribution in [3.63, 3.8) is 0 Å². The Bertz CT molecular complexity index is 279. The average Bonchev–Trinajstić information content (AvgIpc) is 2.88. The van der Waals surface area contributed by atoms with Crippen molar-refractivity contribution < 1.29 is 0 Å². The summed E-state index contributed by atoms with van der Waals surface area (Å²) in [6.45, 7) is 10.8. The summed E-state index contributed by atoms with van der Waals surface area (Å²) < 4.78 is 0. The standard InChI is InChI=1S/C18H36N2/c1-4-5-6-7-8-11-14-20-16-17(2,3)19-15-18(20)12-9-10-13-18/h19H,4-16H2,1-3H3. The molecule has 1 aliphatic heterocycles. The minimum absolute atomic E-state index is 0.302. The maximum absolute atomic E-state index is 3.80. The maximum Gasteiger partial charge on any atom is 0.0334 e. The second kappa shape index (κ2) is 7.26. The number of nitrogens with zero attached hydrogens (tertiary/aromatic N) is 1. The van der Waals surface area contributed by atoms with Crippen LogP contribution >= 0.6 is 0 Å². The van der Waals surface area contributed by atoms with Crippen molar-refractivity contribution in [3.8, 4) is 0 Å². The summed E-state index contributed by atoms with van der Waals surface area (Å²) in [7, 11) is 0. The number of unbranched alkanes of at least 4 members (excludes halogenated alkanes) is 5. The third-order valence-corrected chi connectivity index (χ3v) is 5.47. The highest BCUT2D eigenvalue weighted by Gasteiger charge is 2.45. The number of nitrogens with one attached hydrogen (secondary N) is 1. The molecule has 0 aromatic carbocycles. The van der Waals surface area contributed by atoms with Crippen LogP contribution in [0.4, 0.5) is 0 Å². The molecule has 2 rings (SSSR count). The normalized spacial score (nSPS) is 25.4. The molecule has 2 fully saturated rings. The fraction of sp³-hybridized carbons (Fsp3) is 1.00. The predicted molar refractivity (Wildman–Crippen MR) is 88.2 cm³/mol. The molecule has 0 amide bonds. The molecular formula is C18H36N2. The molecule has 0 atom stereocenters. The third-order valence-electron chi connectivity index (χ3n) is 5.47. The zero-order valence-corrected chi connectivity index (χ0v) is 14.1. The zero-order valence-electron chi connectivity index (χ0n) is 14.1. The smallest absolute Gasteiger partial charge is 0.0334 e. The first-order valence-electron chi connectivity index (χ1n) is 9.08. The van der Waals surface area contributed by atoms with Crippen LogP contribution in [0.2, 0.25) is 0 Å². The molecule has 0 aromatic rings. The van der Waals surface area contributed by atoms with Gasteiger partial charge in [0.2, 0.25) is 0 Å². The lowest BCUT2D eigenvalue weighted by atomic mass is 9.86. The van der Waals surface area contributed by atoms with E-state index in [1.807, 2.05) is 0 Å². The molecule has 1 saturated heterocycles. The molecule has 1 N–H and O–H groups in total. The van der Waals surface area contributed by atoms with Gasteiger partial charge in [0.1, 0.15) is 0 Å². The molecule has 2 nitrogen and oxygen atoms in total. The van der Waals surface area contributed by atoms with Gasteiger partial charge in [-0.3, -0.25) is 4.90 Å². The third kappa shape index (κ3) is 4.21. The summed E-state index contributed by atoms with van der Waals surface area (Å²) in [5, 5.41) is 3.80. The first-order valence-corrected chi connectivity index (χ1v) is 9.08. The molecule has 0 radical (unpaired) electrons. The van der Waals surface area contributed by atoms with Crippen LogP contribution in [-0.2, 0) is 0 Å². The summed E-state index contributed by atoms with van der Waals surface area (Å²) in [6, 6.07) is 0. The minimum atomic E-state index is 0.302. The van der Waals surface area contributed by atoms with Crippen LogP contribution in [-0.4, -0.2) is 35.6 Å². The summed E-state index contributed by atoms with van der Waals surface area (Å²) >= 11 is 0. The largest absolute Gasteiger partial charge is 0.309 e. The Hall–Kier alpha value is -0.0800. The van der Waals surface area contributed by atoms with Gasteiger partial charge in [0.25, 0.3) is 0 Å². The molecule has 118 valence electrons. The zero-order chi connectivity index (χ0) is 14.5. The Morgan fingerprint density at radius 2 is 1.60 bits per heavy atom. The maximum atomic E-state index is 3.80. The lowest BCUT2D eigenvalue weighted by Crippen LogP contribution is -2.67. The lowest BCUT2D eigenvalue weighted by Gasteiger charge is -2.51. The van der Waals surface area contributed by atoms with E-state index in [4.69, 9.17) is 0 Å². The summed E-state index contributed by atoms with van der Waals surface area (Å²) in [5.74, 6) is 0. The van der Waals surface area contributed by atoms with Gasteiger partial charge in [-0.2, -0.15) is 0 Å². The van der Waals surface area contributed by atoms with Crippen LogP contribution in [0.3, 0.4) is 0 Å². The highest BCUT2D eigenvalue weighted by molar-refractivity contribution is 5.04. The molecule has 1 heterocycles. The van der Waals surface area contributed by atoms with E-state index < -0.39 is 0 Å². The highest BCUT2D eigenvalue weighted by Crippen LogP contribution is 2.38. The molecule has 2 aliphatic rings. The number of hydrogen-bond acceptors (Lipinski definition) is 2. The van der Waals surface area contributed by atoms with E-state index in [1.165, 1.54) is 83.8 Å². The van der Waals surface area contributed by atoms with Crippen LogP contribution in [0.1, 0.15) is 85.0 Å². The van der Waals surface area contributed by atoms with Crippen LogP contribution in [0.5, 0.6) is 0 Å². The summed E-state index contributed by atoms with van der Waals surface area (Å²) in [5.41, 5.74) is 0.814.